The largest absolute Gasteiger partial charge is 0.478 e. The molecule has 0 saturated carbocycles. The first-order chi connectivity index (χ1) is 15.3. The van der Waals surface area contributed by atoms with Crippen molar-refractivity contribution in [2.45, 2.75) is 44.1 Å². The van der Waals surface area contributed by atoms with Gasteiger partial charge in [-0.2, -0.15) is 4.31 Å². The van der Waals surface area contributed by atoms with E-state index in [-0.39, 0.29) is 23.3 Å². The number of nitrogens with one attached hydrogen (secondary N) is 2. The number of fused-ring (bicyclic) bond motifs is 1. The Hall–Kier alpha value is -2.98. The molecule has 0 bridgehead atoms. The van der Waals surface area contributed by atoms with Gasteiger partial charge in [0, 0.05) is 25.4 Å². The number of aromatic nitrogens is 1. The number of hydrogen-bond acceptors (Lipinski definition) is 6. The molecule has 2 aliphatic rings. The van der Waals surface area contributed by atoms with E-state index in [9.17, 15) is 18.0 Å². The van der Waals surface area contributed by atoms with Crippen LogP contribution in [0.1, 0.15) is 31.7 Å². The minimum absolute atomic E-state index is 0.0974. The summed E-state index contributed by atoms with van der Waals surface area (Å²) in [5.41, 5.74) is 1.54. The summed E-state index contributed by atoms with van der Waals surface area (Å²) in [7, 11) is -3.85. The summed E-state index contributed by atoms with van der Waals surface area (Å²) in [5.74, 6) is -0.592. The fraction of sp³-hybridized carbons (Fsp3) is 0.409. The van der Waals surface area contributed by atoms with E-state index in [2.05, 4.69) is 15.6 Å². The highest BCUT2D eigenvalue weighted by Gasteiger charge is 2.36. The van der Waals surface area contributed by atoms with Crippen molar-refractivity contribution in [2.75, 3.05) is 23.7 Å². The molecule has 1 fully saturated rings. The van der Waals surface area contributed by atoms with Crippen molar-refractivity contribution < 1.29 is 22.7 Å². The van der Waals surface area contributed by atoms with Crippen molar-refractivity contribution in [3.8, 4) is 5.75 Å². The highest BCUT2D eigenvalue weighted by molar-refractivity contribution is 7.89. The molecule has 0 spiro atoms. The average Bonchev–Trinajstić information content (AvgIpc) is 2.79. The van der Waals surface area contributed by atoms with Gasteiger partial charge in [-0.15, -0.1) is 0 Å². The lowest BCUT2D eigenvalue weighted by Gasteiger charge is -2.32. The summed E-state index contributed by atoms with van der Waals surface area (Å²) in [4.78, 5) is 28.9. The minimum atomic E-state index is -3.85. The van der Waals surface area contributed by atoms with Crippen molar-refractivity contribution >= 4 is 33.2 Å². The second kappa shape index (κ2) is 8.87. The first-order valence-electron chi connectivity index (χ1n) is 10.6. The third-order valence-electron chi connectivity index (χ3n) is 5.77. The molecule has 0 aliphatic carbocycles. The SMILES string of the molecule is CC[C@@H]1Oc2cc(S(=O)(=O)N3CCC[C@H](C(=O)Nc4cccnc4)C3)c(C)cc2NC1=O. The van der Waals surface area contributed by atoms with Crippen LogP contribution in [0.2, 0.25) is 0 Å². The van der Waals surface area contributed by atoms with Crippen LogP contribution >= 0.6 is 0 Å². The van der Waals surface area contributed by atoms with Gasteiger partial charge in [-0.1, -0.05) is 6.92 Å². The van der Waals surface area contributed by atoms with Gasteiger partial charge in [-0.05, 0) is 49.9 Å². The molecule has 32 heavy (non-hydrogen) atoms. The molecule has 1 aromatic heterocycles. The normalized spacial score (nSPS) is 21.2. The maximum atomic E-state index is 13.5. The summed E-state index contributed by atoms with van der Waals surface area (Å²) < 4.78 is 34.0. The zero-order valence-corrected chi connectivity index (χ0v) is 18.8. The van der Waals surface area contributed by atoms with Crippen LogP contribution in [0.15, 0.2) is 41.6 Å². The van der Waals surface area contributed by atoms with E-state index < -0.39 is 22.0 Å². The number of hydrogen-bond donors (Lipinski definition) is 2. The summed E-state index contributed by atoms with van der Waals surface area (Å²) >= 11 is 0. The molecule has 0 unspecified atom stereocenters. The van der Waals surface area contributed by atoms with Gasteiger partial charge in [0.2, 0.25) is 15.9 Å². The van der Waals surface area contributed by atoms with E-state index >= 15 is 0 Å². The fourth-order valence-corrected chi connectivity index (χ4v) is 5.77. The van der Waals surface area contributed by atoms with Gasteiger partial charge in [-0.25, -0.2) is 8.42 Å². The number of carbonyl (C=O) groups excluding carboxylic acids is 2. The molecule has 0 radical (unpaired) electrons. The van der Waals surface area contributed by atoms with Crippen LogP contribution in [0.25, 0.3) is 0 Å². The first-order valence-corrected chi connectivity index (χ1v) is 12.1. The molecule has 10 heteroatoms. The number of aryl methyl sites for hydroxylation is 1. The number of pyridine rings is 1. The summed E-state index contributed by atoms with van der Waals surface area (Å²) in [6, 6.07) is 6.55. The van der Waals surface area contributed by atoms with E-state index in [4.69, 9.17) is 4.74 Å². The van der Waals surface area contributed by atoms with Crippen molar-refractivity contribution in [1.82, 2.24) is 9.29 Å². The maximum Gasteiger partial charge on any atom is 0.265 e. The van der Waals surface area contributed by atoms with Gasteiger partial charge >= 0.3 is 0 Å². The minimum Gasteiger partial charge on any atom is -0.478 e. The number of rotatable bonds is 5. The Labute approximate surface area is 187 Å². The molecule has 2 atom stereocenters. The number of carbonyl (C=O) groups is 2. The number of ether oxygens (including phenoxy) is 1. The van der Waals surface area contributed by atoms with Gasteiger partial charge in [-0.3, -0.25) is 14.6 Å². The summed E-state index contributed by atoms with van der Waals surface area (Å²) in [6.07, 6.45) is 4.17. The predicted octanol–water partition coefficient (Wildman–Crippen LogP) is 2.54. The lowest BCUT2D eigenvalue weighted by Crippen LogP contribution is -2.44. The topological polar surface area (TPSA) is 118 Å². The highest BCUT2D eigenvalue weighted by Crippen LogP contribution is 2.36. The number of anilines is 2. The van der Waals surface area contributed by atoms with Gasteiger partial charge in [0.25, 0.3) is 5.91 Å². The number of benzene rings is 1. The molecule has 170 valence electrons. The molecular formula is C22H26N4O5S. The van der Waals surface area contributed by atoms with Gasteiger partial charge in [0.1, 0.15) is 5.75 Å². The first kappa shape index (κ1) is 22.2. The second-order valence-electron chi connectivity index (χ2n) is 8.05. The monoisotopic (exact) mass is 458 g/mol. The average molecular weight is 459 g/mol. The quantitative estimate of drug-likeness (QED) is 0.711. The Morgan fingerprint density at radius 1 is 1.38 bits per heavy atom. The zero-order chi connectivity index (χ0) is 22.9. The van der Waals surface area contributed by atoms with E-state index in [0.29, 0.717) is 48.5 Å². The molecule has 1 saturated heterocycles. The van der Waals surface area contributed by atoms with Crippen LogP contribution in [0.3, 0.4) is 0 Å². The molecule has 4 rings (SSSR count). The predicted molar refractivity (Wildman–Crippen MR) is 119 cm³/mol. The van der Waals surface area contributed by atoms with E-state index in [1.807, 2.05) is 6.92 Å². The highest BCUT2D eigenvalue weighted by atomic mass is 32.2. The Kier molecular flexibility index (Phi) is 6.16. The van der Waals surface area contributed by atoms with Crippen LogP contribution in [0.5, 0.6) is 5.75 Å². The van der Waals surface area contributed by atoms with Crippen LogP contribution in [0, 0.1) is 12.8 Å². The smallest absolute Gasteiger partial charge is 0.265 e. The Morgan fingerprint density at radius 2 is 2.19 bits per heavy atom. The molecule has 2 amide bonds. The molecule has 2 N–H and O–H groups in total. The second-order valence-corrected chi connectivity index (χ2v) is 9.96. The van der Waals surface area contributed by atoms with Crippen LogP contribution < -0.4 is 15.4 Å². The van der Waals surface area contributed by atoms with Crippen molar-refractivity contribution in [1.29, 1.82) is 0 Å². The zero-order valence-electron chi connectivity index (χ0n) is 18.0. The molecule has 2 aromatic rings. The lowest BCUT2D eigenvalue weighted by molar-refractivity contribution is -0.123. The Morgan fingerprint density at radius 3 is 2.91 bits per heavy atom. The van der Waals surface area contributed by atoms with Crippen molar-refractivity contribution in [3.63, 3.8) is 0 Å². The standard InChI is InChI=1S/C22H26N4O5S/c1-3-18-22(28)25-17-10-14(2)20(11-19(17)31-18)32(29,30)26-9-5-6-15(13-26)21(27)24-16-7-4-8-23-12-16/h4,7-8,10-12,15,18H,3,5-6,9,13H2,1-2H3,(H,24,27)(H,25,28)/t15-,18-/m0/s1. The fourth-order valence-electron chi connectivity index (χ4n) is 4.03. The third-order valence-corrected chi connectivity index (χ3v) is 7.78. The molecular weight excluding hydrogens is 432 g/mol. The number of sulfonamides is 1. The molecule has 3 heterocycles. The third kappa shape index (κ3) is 4.33. The number of nitrogens with zero attached hydrogens (tertiary/aromatic N) is 2. The lowest BCUT2D eigenvalue weighted by atomic mass is 9.99. The maximum absolute atomic E-state index is 13.5. The van der Waals surface area contributed by atoms with Crippen LogP contribution in [-0.2, 0) is 19.6 Å². The Balaban J connectivity index is 1.55. The molecule has 9 nitrogen and oxygen atoms in total. The molecule has 1 aromatic carbocycles. The van der Waals surface area contributed by atoms with E-state index in [1.165, 1.54) is 10.4 Å². The Bertz CT molecular complexity index is 1140. The van der Waals surface area contributed by atoms with E-state index in [1.54, 1.807) is 37.5 Å². The summed E-state index contributed by atoms with van der Waals surface area (Å²) in [5, 5.41) is 5.58. The van der Waals surface area contributed by atoms with E-state index in [0.717, 1.165) is 0 Å². The van der Waals surface area contributed by atoms with Crippen LogP contribution in [0.4, 0.5) is 11.4 Å². The number of piperidine rings is 1. The molecule has 2 aliphatic heterocycles. The summed E-state index contributed by atoms with van der Waals surface area (Å²) in [6.45, 7) is 3.94. The van der Waals surface area contributed by atoms with Crippen molar-refractivity contribution in [2.24, 2.45) is 5.92 Å². The van der Waals surface area contributed by atoms with Gasteiger partial charge in [0.15, 0.2) is 6.10 Å². The van der Waals surface area contributed by atoms with Crippen molar-refractivity contribution in [3.05, 3.63) is 42.2 Å². The van der Waals surface area contributed by atoms with Gasteiger partial charge < -0.3 is 15.4 Å². The number of amides is 2. The van der Waals surface area contributed by atoms with Gasteiger partial charge in [0.05, 0.1) is 28.4 Å². The van der Waals surface area contributed by atoms with Crippen LogP contribution in [-0.4, -0.2) is 48.7 Å².